The second-order valence-electron chi connectivity index (χ2n) is 7.02. The Morgan fingerprint density at radius 1 is 0.931 bits per heavy atom. The minimum absolute atomic E-state index is 0.0495. The number of aliphatic hydroxyl groups excluding tert-OH is 2. The quantitative estimate of drug-likeness (QED) is 0.350. The van der Waals surface area contributed by atoms with Crippen LogP contribution in [0.2, 0.25) is 0 Å². The second-order valence-corrected chi connectivity index (χ2v) is 7.02. The van der Waals surface area contributed by atoms with Gasteiger partial charge in [0.2, 0.25) is 5.52 Å². The number of anilines is 2. The van der Waals surface area contributed by atoms with Gasteiger partial charge in [-0.05, 0) is 37.3 Å². The normalized spacial score (nSPS) is 11.7. The Balaban J connectivity index is 1.85. The minimum atomic E-state index is 0.0495. The van der Waals surface area contributed by atoms with Gasteiger partial charge in [0.1, 0.15) is 7.05 Å². The van der Waals surface area contributed by atoms with Crippen LogP contribution in [0.5, 0.6) is 0 Å². The Kier molecular flexibility index (Phi) is 6.80. The van der Waals surface area contributed by atoms with Crippen molar-refractivity contribution in [2.24, 2.45) is 12.1 Å². The Bertz CT molecular complexity index is 980. The molecule has 2 N–H and O–H groups in total. The van der Waals surface area contributed by atoms with Crippen molar-refractivity contribution in [3.63, 3.8) is 0 Å². The SMILES string of the molecule is C/C(=N\N(C)c1ccc(N(CCO)CCO)cc1)c1cc[n+](C)c2ccccc12. The summed E-state index contributed by atoms with van der Waals surface area (Å²) in [6, 6.07) is 18.4. The van der Waals surface area contributed by atoms with Gasteiger partial charge in [-0.1, -0.05) is 12.1 Å². The molecule has 0 unspecified atom stereocenters. The molecule has 0 saturated heterocycles. The van der Waals surface area contributed by atoms with Crippen molar-refractivity contribution < 1.29 is 14.8 Å². The van der Waals surface area contributed by atoms with E-state index in [9.17, 15) is 10.2 Å². The van der Waals surface area contributed by atoms with Crippen molar-refractivity contribution in [1.29, 1.82) is 0 Å². The van der Waals surface area contributed by atoms with Crippen molar-refractivity contribution in [3.05, 3.63) is 66.4 Å². The number of fused-ring (bicyclic) bond motifs is 1. The highest BCUT2D eigenvalue weighted by molar-refractivity contribution is 6.08. The number of hydrazone groups is 1. The zero-order valence-corrected chi connectivity index (χ0v) is 17.3. The molecule has 0 aliphatic heterocycles. The van der Waals surface area contributed by atoms with Crippen LogP contribution in [-0.2, 0) is 7.05 Å². The van der Waals surface area contributed by atoms with E-state index in [4.69, 9.17) is 5.10 Å². The predicted molar refractivity (Wildman–Crippen MR) is 119 cm³/mol. The van der Waals surface area contributed by atoms with Gasteiger partial charge in [0.05, 0.1) is 30.0 Å². The van der Waals surface area contributed by atoms with Crippen molar-refractivity contribution in [2.75, 3.05) is 43.3 Å². The van der Waals surface area contributed by atoms with Crippen LogP contribution in [0.25, 0.3) is 10.9 Å². The Morgan fingerprint density at radius 2 is 1.55 bits per heavy atom. The molecule has 6 nitrogen and oxygen atoms in total. The average molecular weight is 394 g/mol. The van der Waals surface area contributed by atoms with Crippen molar-refractivity contribution >= 4 is 28.0 Å². The summed E-state index contributed by atoms with van der Waals surface area (Å²) in [4.78, 5) is 1.95. The standard InChI is InChI=1S/C23H29N4O2/c1-18(21-12-13-25(2)23-7-5-4-6-22(21)23)24-26(3)19-8-10-20(11-9-19)27(14-16-28)15-17-29/h4-13,28-29H,14-17H2,1-3H3/q+1. The minimum Gasteiger partial charge on any atom is -0.395 e. The third-order valence-corrected chi connectivity index (χ3v) is 5.06. The van der Waals surface area contributed by atoms with Gasteiger partial charge in [-0.3, -0.25) is 5.01 Å². The molecule has 0 aliphatic rings. The lowest BCUT2D eigenvalue weighted by molar-refractivity contribution is -0.644. The highest BCUT2D eigenvalue weighted by atomic mass is 16.3. The van der Waals surface area contributed by atoms with E-state index in [0.29, 0.717) is 13.1 Å². The van der Waals surface area contributed by atoms with Crippen LogP contribution in [-0.4, -0.2) is 49.3 Å². The lowest BCUT2D eigenvalue weighted by Gasteiger charge is -2.24. The summed E-state index contributed by atoms with van der Waals surface area (Å²) in [5.74, 6) is 0. The number of benzene rings is 2. The lowest BCUT2D eigenvalue weighted by atomic mass is 10.1. The number of para-hydroxylation sites is 1. The summed E-state index contributed by atoms with van der Waals surface area (Å²) in [7, 11) is 3.98. The van der Waals surface area contributed by atoms with Gasteiger partial charge in [0.15, 0.2) is 6.20 Å². The van der Waals surface area contributed by atoms with Gasteiger partial charge in [0, 0.05) is 43.5 Å². The van der Waals surface area contributed by atoms with Gasteiger partial charge < -0.3 is 15.1 Å². The van der Waals surface area contributed by atoms with Crippen LogP contribution in [0.15, 0.2) is 65.9 Å². The monoisotopic (exact) mass is 393 g/mol. The fraction of sp³-hybridized carbons (Fsp3) is 0.304. The smallest absolute Gasteiger partial charge is 0.212 e. The van der Waals surface area contributed by atoms with Crippen LogP contribution in [0.4, 0.5) is 11.4 Å². The van der Waals surface area contributed by atoms with Crippen LogP contribution < -0.4 is 14.5 Å². The van der Waals surface area contributed by atoms with E-state index in [2.05, 4.69) is 29.0 Å². The van der Waals surface area contributed by atoms with Crippen LogP contribution in [0.1, 0.15) is 12.5 Å². The number of hydrogen-bond acceptors (Lipinski definition) is 5. The van der Waals surface area contributed by atoms with Gasteiger partial charge >= 0.3 is 0 Å². The molecule has 1 aromatic heterocycles. The van der Waals surface area contributed by atoms with Gasteiger partial charge in [0.25, 0.3) is 0 Å². The largest absolute Gasteiger partial charge is 0.395 e. The Hall–Kier alpha value is -2.96. The summed E-state index contributed by atoms with van der Waals surface area (Å²) in [5.41, 5.74) is 5.15. The van der Waals surface area contributed by atoms with Gasteiger partial charge in [-0.25, -0.2) is 4.57 Å². The van der Waals surface area contributed by atoms with Crippen molar-refractivity contribution in [3.8, 4) is 0 Å². The van der Waals surface area contributed by atoms with E-state index in [-0.39, 0.29) is 13.2 Å². The van der Waals surface area contributed by atoms with Crippen LogP contribution >= 0.6 is 0 Å². The van der Waals surface area contributed by atoms with Crippen molar-refractivity contribution in [2.45, 2.75) is 6.92 Å². The lowest BCUT2D eigenvalue weighted by Crippen LogP contribution is -2.29. The predicted octanol–water partition coefficient (Wildman–Crippen LogP) is 2.32. The van der Waals surface area contributed by atoms with Crippen molar-refractivity contribution in [1.82, 2.24) is 0 Å². The summed E-state index contributed by atoms with van der Waals surface area (Å²) in [6.07, 6.45) is 2.06. The number of hydrogen-bond donors (Lipinski definition) is 2. The zero-order chi connectivity index (χ0) is 20.8. The topological polar surface area (TPSA) is 63.2 Å². The third-order valence-electron chi connectivity index (χ3n) is 5.06. The summed E-state index contributed by atoms with van der Waals surface area (Å²) in [5, 5.41) is 26.3. The molecule has 0 amide bonds. The zero-order valence-electron chi connectivity index (χ0n) is 17.3. The van der Waals surface area contributed by atoms with E-state index >= 15 is 0 Å². The maximum Gasteiger partial charge on any atom is 0.212 e. The molecule has 6 heteroatoms. The molecular formula is C23H29N4O2+. The first-order valence-corrected chi connectivity index (χ1v) is 9.78. The van der Waals surface area contributed by atoms with E-state index < -0.39 is 0 Å². The summed E-state index contributed by atoms with van der Waals surface area (Å²) < 4.78 is 2.11. The Labute approximate surface area is 171 Å². The number of aryl methyl sites for hydroxylation is 1. The molecule has 0 aliphatic carbocycles. The second kappa shape index (κ2) is 9.49. The highest BCUT2D eigenvalue weighted by Gasteiger charge is 2.12. The van der Waals surface area contributed by atoms with E-state index in [1.165, 1.54) is 10.9 Å². The molecule has 0 spiro atoms. The molecular weight excluding hydrogens is 364 g/mol. The molecule has 0 radical (unpaired) electrons. The molecule has 29 heavy (non-hydrogen) atoms. The first kappa shape index (κ1) is 20.8. The van der Waals surface area contributed by atoms with Crippen LogP contribution in [0, 0.1) is 0 Å². The first-order chi connectivity index (χ1) is 14.0. The highest BCUT2D eigenvalue weighted by Crippen LogP contribution is 2.21. The fourth-order valence-corrected chi connectivity index (χ4v) is 3.51. The molecule has 3 rings (SSSR count). The first-order valence-electron chi connectivity index (χ1n) is 9.78. The maximum atomic E-state index is 9.22. The molecule has 152 valence electrons. The van der Waals surface area contributed by atoms with Gasteiger partial charge in [-0.2, -0.15) is 5.10 Å². The van der Waals surface area contributed by atoms with E-state index in [1.54, 1.807) is 0 Å². The fourth-order valence-electron chi connectivity index (χ4n) is 3.51. The maximum absolute atomic E-state index is 9.22. The van der Waals surface area contributed by atoms with E-state index in [1.807, 2.05) is 67.3 Å². The average Bonchev–Trinajstić information content (AvgIpc) is 2.74. The molecule has 3 aromatic rings. The molecule has 1 heterocycles. The Morgan fingerprint density at radius 3 is 2.21 bits per heavy atom. The number of rotatable bonds is 8. The molecule has 0 saturated carbocycles. The molecule has 0 bridgehead atoms. The molecule has 0 fully saturated rings. The number of pyridine rings is 1. The number of nitrogens with zero attached hydrogens (tertiary/aromatic N) is 4. The summed E-state index contributed by atoms with van der Waals surface area (Å²) in [6.45, 7) is 3.11. The number of aliphatic hydroxyl groups is 2. The molecule has 2 aromatic carbocycles. The van der Waals surface area contributed by atoms with Gasteiger partial charge in [-0.15, -0.1) is 0 Å². The van der Waals surface area contributed by atoms with E-state index in [0.717, 1.165) is 22.6 Å². The third kappa shape index (κ3) is 4.72. The summed E-state index contributed by atoms with van der Waals surface area (Å²) >= 11 is 0. The number of aromatic nitrogens is 1. The van der Waals surface area contributed by atoms with Crippen LogP contribution in [0.3, 0.4) is 0 Å². The molecule has 0 atom stereocenters.